The average Bonchev–Trinajstić information content (AvgIpc) is 3.78. The number of allylic oxidation sites excluding steroid dienone is 3. The van der Waals surface area contributed by atoms with Crippen molar-refractivity contribution in [2.24, 2.45) is 0 Å². The molecule has 1 spiro atoms. The van der Waals surface area contributed by atoms with Gasteiger partial charge in [-0.1, -0.05) is 166 Å². The second-order valence-corrected chi connectivity index (χ2v) is 15.5. The van der Waals surface area contributed by atoms with Gasteiger partial charge in [0, 0.05) is 28.1 Å². The topological polar surface area (TPSA) is 3.24 Å². The number of hydrogen-bond donors (Lipinski definition) is 0. The molecule has 4 aliphatic rings. The Balaban J connectivity index is 1.15. The first kappa shape index (κ1) is 30.4. The molecular formula is C52H39N. The van der Waals surface area contributed by atoms with Crippen LogP contribution in [-0.2, 0) is 10.8 Å². The number of anilines is 2. The molecule has 4 aliphatic carbocycles. The standard InChI is InChI=1S/C52H39N/c1-51(2)43-21-10-9-20-41(43)50-48(51)25-14-26-49(50)53(36-29-27-35(28-30-36)34-15-4-3-5-16-34)37-31-32-47-42(33-37)40-19-8-13-24-46(40)52(47)44-22-11-6-17-38(44)39-18-7-12-23-45(39)52/h3-13,15-24,26-33H,14,25H2,1-2H3. The molecular weight excluding hydrogens is 639 g/mol. The largest absolute Gasteiger partial charge is 0.310 e. The summed E-state index contributed by atoms with van der Waals surface area (Å²) in [6, 6.07) is 63.6. The third-order valence-corrected chi connectivity index (χ3v) is 12.6. The van der Waals surface area contributed by atoms with Crippen molar-refractivity contribution in [3.8, 4) is 33.4 Å². The van der Waals surface area contributed by atoms with Crippen LogP contribution in [0.2, 0.25) is 0 Å². The van der Waals surface area contributed by atoms with Crippen LogP contribution < -0.4 is 4.90 Å². The van der Waals surface area contributed by atoms with Crippen LogP contribution >= 0.6 is 0 Å². The summed E-state index contributed by atoms with van der Waals surface area (Å²) in [6.45, 7) is 4.83. The van der Waals surface area contributed by atoms with Crippen LogP contribution in [-0.4, -0.2) is 0 Å². The highest BCUT2D eigenvalue weighted by Gasteiger charge is 2.51. The first-order chi connectivity index (χ1) is 26.1. The fourth-order valence-electron chi connectivity index (χ4n) is 10.4. The lowest BCUT2D eigenvalue weighted by molar-refractivity contribution is 0.606. The molecule has 0 N–H and O–H groups in total. The van der Waals surface area contributed by atoms with E-state index in [0.717, 1.165) is 12.8 Å². The minimum atomic E-state index is -0.353. The van der Waals surface area contributed by atoms with Gasteiger partial charge in [0.05, 0.1) is 5.41 Å². The van der Waals surface area contributed by atoms with E-state index < -0.39 is 0 Å². The quantitative estimate of drug-likeness (QED) is 0.179. The van der Waals surface area contributed by atoms with Crippen LogP contribution in [0.4, 0.5) is 11.4 Å². The van der Waals surface area contributed by atoms with E-state index in [4.69, 9.17) is 0 Å². The molecule has 0 heterocycles. The molecule has 0 radical (unpaired) electrons. The fourth-order valence-corrected chi connectivity index (χ4v) is 10.4. The molecule has 1 nitrogen and oxygen atoms in total. The third-order valence-electron chi connectivity index (χ3n) is 12.6. The Bertz CT molecular complexity index is 2640. The van der Waals surface area contributed by atoms with Crippen molar-refractivity contribution in [1.82, 2.24) is 0 Å². The number of hydrogen-bond acceptors (Lipinski definition) is 1. The van der Waals surface area contributed by atoms with E-state index >= 15 is 0 Å². The van der Waals surface area contributed by atoms with Gasteiger partial charge >= 0.3 is 0 Å². The molecule has 0 fully saturated rings. The highest BCUT2D eigenvalue weighted by atomic mass is 15.2. The first-order valence-corrected chi connectivity index (χ1v) is 19.0. The molecule has 0 saturated carbocycles. The van der Waals surface area contributed by atoms with Gasteiger partial charge in [-0.3, -0.25) is 0 Å². The molecule has 0 aliphatic heterocycles. The Morgan fingerprint density at radius 3 is 1.57 bits per heavy atom. The summed E-state index contributed by atoms with van der Waals surface area (Å²) in [5.74, 6) is 0. The lowest BCUT2D eigenvalue weighted by Crippen LogP contribution is -2.26. The number of rotatable bonds is 4. The monoisotopic (exact) mass is 677 g/mol. The van der Waals surface area contributed by atoms with Crippen molar-refractivity contribution in [3.05, 3.63) is 221 Å². The molecule has 7 aromatic rings. The second kappa shape index (κ2) is 11.2. The number of fused-ring (bicyclic) bond motifs is 12. The molecule has 252 valence electrons. The molecule has 1 heteroatoms. The zero-order valence-electron chi connectivity index (χ0n) is 30.1. The van der Waals surface area contributed by atoms with Crippen LogP contribution in [0.15, 0.2) is 187 Å². The van der Waals surface area contributed by atoms with Gasteiger partial charge in [0.25, 0.3) is 0 Å². The maximum Gasteiger partial charge on any atom is 0.0725 e. The Kier molecular flexibility index (Phi) is 6.41. The molecule has 11 rings (SSSR count). The molecule has 0 unspecified atom stereocenters. The fraction of sp³-hybridized carbons (Fsp3) is 0.115. The van der Waals surface area contributed by atoms with Gasteiger partial charge in [-0.05, 0) is 109 Å². The summed E-state index contributed by atoms with van der Waals surface area (Å²) in [4.78, 5) is 2.55. The van der Waals surface area contributed by atoms with Gasteiger partial charge in [-0.25, -0.2) is 0 Å². The molecule has 0 aromatic heterocycles. The zero-order chi connectivity index (χ0) is 35.3. The molecule has 0 saturated heterocycles. The maximum absolute atomic E-state index is 2.55. The summed E-state index contributed by atoms with van der Waals surface area (Å²) < 4.78 is 0. The van der Waals surface area contributed by atoms with Gasteiger partial charge < -0.3 is 4.90 Å². The lowest BCUT2D eigenvalue weighted by Gasteiger charge is -2.34. The number of benzene rings is 7. The molecule has 0 bridgehead atoms. The van der Waals surface area contributed by atoms with Gasteiger partial charge in [0.15, 0.2) is 0 Å². The minimum Gasteiger partial charge on any atom is -0.310 e. The first-order valence-electron chi connectivity index (χ1n) is 19.0. The average molecular weight is 678 g/mol. The van der Waals surface area contributed by atoms with Gasteiger partial charge in [-0.15, -0.1) is 0 Å². The highest BCUT2D eigenvalue weighted by molar-refractivity contribution is 5.99. The molecule has 7 aromatic carbocycles. The predicted molar refractivity (Wildman–Crippen MR) is 220 cm³/mol. The van der Waals surface area contributed by atoms with E-state index in [1.165, 1.54) is 89.4 Å². The summed E-state index contributed by atoms with van der Waals surface area (Å²) in [5, 5.41) is 0. The Hall–Kier alpha value is -6.18. The Labute approximate surface area is 312 Å². The zero-order valence-corrected chi connectivity index (χ0v) is 30.1. The number of nitrogens with zero attached hydrogens (tertiary/aromatic N) is 1. The van der Waals surface area contributed by atoms with E-state index in [-0.39, 0.29) is 10.8 Å². The van der Waals surface area contributed by atoms with Crippen LogP contribution in [0, 0.1) is 0 Å². The van der Waals surface area contributed by atoms with Crippen LogP contribution in [0.1, 0.15) is 60.1 Å². The van der Waals surface area contributed by atoms with Gasteiger partial charge in [0.1, 0.15) is 0 Å². The molecule has 53 heavy (non-hydrogen) atoms. The second-order valence-electron chi connectivity index (χ2n) is 15.5. The lowest BCUT2D eigenvalue weighted by atomic mass is 9.70. The van der Waals surface area contributed by atoms with Crippen LogP contribution in [0.5, 0.6) is 0 Å². The van der Waals surface area contributed by atoms with E-state index in [9.17, 15) is 0 Å². The van der Waals surface area contributed by atoms with Crippen LogP contribution in [0.25, 0.3) is 39.0 Å². The van der Waals surface area contributed by atoms with E-state index in [0.29, 0.717) is 0 Å². The normalized spacial score (nSPS) is 16.3. The van der Waals surface area contributed by atoms with Crippen molar-refractivity contribution < 1.29 is 0 Å². The van der Waals surface area contributed by atoms with Crippen molar-refractivity contribution in [2.45, 2.75) is 37.5 Å². The van der Waals surface area contributed by atoms with Crippen molar-refractivity contribution in [1.29, 1.82) is 0 Å². The summed E-state index contributed by atoms with van der Waals surface area (Å²) in [7, 11) is 0. The van der Waals surface area contributed by atoms with Gasteiger partial charge in [0.2, 0.25) is 0 Å². The third kappa shape index (κ3) is 4.08. The summed E-state index contributed by atoms with van der Waals surface area (Å²) in [5.41, 5.74) is 22.3. The van der Waals surface area contributed by atoms with E-state index in [2.05, 4.69) is 195 Å². The summed E-state index contributed by atoms with van der Waals surface area (Å²) >= 11 is 0. The minimum absolute atomic E-state index is 0.0131. The maximum atomic E-state index is 2.55. The Morgan fingerprint density at radius 2 is 0.925 bits per heavy atom. The smallest absolute Gasteiger partial charge is 0.0725 e. The summed E-state index contributed by atoms with van der Waals surface area (Å²) in [6.07, 6.45) is 4.60. The van der Waals surface area contributed by atoms with Crippen molar-refractivity contribution in [2.75, 3.05) is 4.90 Å². The molecule has 0 atom stereocenters. The SMILES string of the molecule is CC1(C)C2=C(C(N(c3ccc(-c4ccccc4)cc3)c3ccc4c(c3)-c3ccccc3C43c4ccccc4-c4ccccc43)=CCC2)c2ccccc21. The van der Waals surface area contributed by atoms with Crippen molar-refractivity contribution in [3.63, 3.8) is 0 Å². The van der Waals surface area contributed by atoms with E-state index in [1.807, 2.05) is 0 Å². The van der Waals surface area contributed by atoms with E-state index in [1.54, 1.807) is 5.57 Å². The Morgan fingerprint density at radius 1 is 0.434 bits per heavy atom. The van der Waals surface area contributed by atoms with Gasteiger partial charge in [-0.2, -0.15) is 0 Å². The highest BCUT2D eigenvalue weighted by Crippen LogP contribution is 2.63. The molecule has 0 amide bonds. The predicted octanol–water partition coefficient (Wildman–Crippen LogP) is 13.3. The van der Waals surface area contributed by atoms with Crippen molar-refractivity contribution >= 4 is 16.9 Å². The van der Waals surface area contributed by atoms with Crippen LogP contribution in [0.3, 0.4) is 0 Å².